The number of guanidine groups is 1. The van der Waals surface area contributed by atoms with Crippen molar-refractivity contribution in [3.05, 3.63) is 35.9 Å². The molecule has 1 unspecified atom stereocenters. The van der Waals surface area contributed by atoms with Crippen molar-refractivity contribution in [1.29, 1.82) is 0 Å². The number of nitrogens with one attached hydrogen (secondary N) is 3. The van der Waals surface area contributed by atoms with Gasteiger partial charge in [0.1, 0.15) is 0 Å². The van der Waals surface area contributed by atoms with Crippen LogP contribution < -0.4 is 16.0 Å². The summed E-state index contributed by atoms with van der Waals surface area (Å²) in [7, 11) is 0. The molecule has 0 bridgehead atoms. The molecule has 0 aliphatic heterocycles. The van der Waals surface area contributed by atoms with Gasteiger partial charge in [0.25, 0.3) is 0 Å². The van der Waals surface area contributed by atoms with Crippen LogP contribution in [0.3, 0.4) is 0 Å². The number of hydrogen-bond donors (Lipinski definition) is 3. The molecule has 146 valence electrons. The molecule has 0 fully saturated rings. The Bertz CT molecular complexity index is 520. The minimum absolute atomic E-state index is 0.0681. The molecule has 0 spiro atoms. The van der Waals surface area contributed by atoms with E-state index in [1.807, 2.05) is 32.0 Å². The molecule has 0 saturated carbocycles. The maximum atomic E-state index is 11.6. The molecule has 1 aromatic rings. The molecule has 26 heavy (non-hydrogen) atoms. The third-order valence-corrected chi connectivity index (χ3v) is 3.77. The van der Waals surface area contributed by atoms with E-state index < -0.39 is 0 Å². The van der Waals surface area contributed by atoms with E-state index in [-0.39, 0.29) is 12.0 Å². The predicted molar refractivity (Wildman–Crippen MR) is 107 cm³/mol. The summed E-state index contributed by atoms with van der Waals surface area (Å²) in [6.07, 6.45) is 2.34. The number of benzene rings is 1. The van der Waals surface area contributed by atoms with Gasteiger partial charge in [-0.2, -0.15) is 0 Å². The van der Waals surface area contributed by atoms with Crippen molar-refractivity contribution in [3.63, 3.8) is 0 Å². The third kappa shape index (κ3) is 10.0. The quantitative estimate of drug-likeness (QED) is 0.304. The highest BCUT2D eigenvalue weighted by molar-refractivity contribution is 5.81. The molecule has 0 aliphatic carbocycles. The number of amides is 1. The molecular formula is C20H34N4O2. The number of carbonyl (C=O) groups is 1. The van der Waals surface area contributed by atoms with E-state index in [0.717, 1.165) is 31.9 Å². The minimum Gasteiger partial charge on any atom is -0.374 e. The average Bonchev–Trinajstić information content (AvgIpc) is 2.66. The summed E-state index contributed by atoms with van der Waals surface area (Å²) in [6.45, 7) is 9.56. The topological polar surface area (TPSA) is 74.8 Å². The van der Waals surface area contributed by atoms with Gasteiger partial charge in [-0.3, -0.25) is 9.79 Å². The lowest BCUT2D eigenvalue weighted by Gasteiger charge is -2.13. The number of carbonyl (C=O) groups excluding carboxylic acids is 1. The van der Waals surface area contributed by atoms with Gasteiger partial charge in [0.15, 0.2) is 5.96 Å². The van der Waals surface area contributed by atoms with Crippen LogP contribution in [0.15, 0.2) is 35.3 Å². The van der Waals surface area contributed by atoms with Gasteiger partial charge in [-0.15, -0.1) is 0 Å². The second-order valence-electron chi connectivity index (χ2n) is 6.06. The fourth-order valence-corrected chi connectivity index (χ4v) is 2.32. The first-order valence-electron chi connectivity index (χ1n) is 9.62. The lowest BCUT2D eigenvalue weighted by atomic mass is 10.1. The summed E-state index contributed by atoms with van der Waals surface area (Å²) in [5.41, 5.74) is 1.19. The van der Waals surface area contributed by atoms with Crippen LogP contribution in [-0.4, -0.2) is 44.7 Å². The molecule has 0 aliphatic rings. The Kier molecular flexibility index (Phi) is 11.9. The largest absolute Gasteiger partial charge is 0.374 e. The molecule has 1 rings (SSSR count). The Morgan fingerprint density at radius 1 is 1.12 bits per heavy atom. The molecule has 1 amide bonds. The summed E-state index contributed by atoms with van der Waals surface area (Å²) in [4.78, 5) is 16.1. The fraction of sp³-hybridized carbons (Fsp3) is 0.600. The summed E-state index contributed by atoms with van der Waals surface area (Å²) >= 11 is 0. The Morgan fingerprint density at radius 2 is 1.88 bits per heavy atom. The van der Waals surface area contributed by atoms with Crippen LogP contribution in [0.4, 0.5) is 0 Å². The Morgan fingerprint density at radius 3 is 2.58 bits per heavy atom. The molecule has 1 atom stereocenters. The third-order valence-electron chi connectivity index (χ3n) is 3.77. The number of rotatable bonds is 12. The van der Waals surface area contributed by atoms with Gasteiger partial charge in [-0.1, -0.05) is 37.3 Å². The van der Waals surface area contributed by atoms with Crippen molar-refractivity contribution in [2.24, 2.45) is 4.99 Å². The molecule has 0 radical (unpaired) electrons. The smallest absolute Gasteiger partial charge is 0.221 e. The van der Waals surface area contributed by atoms with Gasteiger partial charge in [-0.05, 0) is 32.3 Å². The molecule has 6 heteroatoms. The van der Waals surface area contributed by atoms with Crippen LogP contribution in [0.1, 0.15) is 51.7 Å². The van der Waals surface area contributed by atoms with Gasteiger partial charge in [0, 0.05) is 39.2 Å². The zero-order valence-corrected chi connectivity index (χ0v) is 16.4. The standard InChI is InChI=1S/C20H34N4O2/c1-4-13-22-19(25)12-15-24-20(21-5-2)23-14-9-16-26-17(3)18-10-7-6-8-11-18/h6-8,10-11,17H,4-5,9,12-16H2,1-3H3,(H,22,25)(H2,21,23,24). The first-order chi connectivity index (χ1) is 12.7. The number of aliphatic imine (C=N–C) groups is 1. The van der Waals surface area contributed by atoms with Crippen molar-refractivity contribution in [2.45, 2.75) is 46.1 Å². The van der Waals surface area contributed by atoms with Crippen LogP contribution in [0, 0.1) is 0 Å². The second-order valence-corrected chi connectivity index (χ2v) is 6.06. The average molecular weight is 363 g/mol. The van der Waals surface area contributed by atoms with Crippen molar-refractivity contribution in [1.82, 2.24) is 16.0 Å². The maximum Gasteiger partial charge on any atom is 0.221 e. The Balaban J connectivity index is 2.23. The second kappa shape index (κ2) is 14.1. The van der Waals surface area contributed by atoms with Crippen molar-refractivity contribution in [2.75, 3.05) is 32.8 Å². The highest BCUT2D eigenvalue weighted by Crippen LogP contribution is 2.15. The lowest BCUT2D eigenvalue weighted by Crippen LogP contribution is -2.39. The Labute approximate surface area is 157 Å². The van der Waals surface area contributed by atoms with Crippen molar-refractivity contribution < 1.29 is 9.53 Å². The molecule has 6 nitrogen and oxygen atoms in total. The van der Waals surface area contributed by atoms with E-state index in [4.69, 9.17) is 4.74 Å². The van der Waals surface area contributed by atoms with E-state index in [0.29, 0.717) is 26.1 Å². The SMILES string of the molecule is CCCNC(=O)CCNC(=NCCCOC(C)c1ccccc1)NCC. The van der Waals surface area contributed by atoms with E-state index in [1.165, 1.54) is 5.56 Å². The van der Waals surface area contributed by atoms with Crippen molar-refractivity contribution in [3.8, 4) is 0 Å². The van der Waals surface area contributed by atoms with Gasteiger partial charge >= 0.3 is 0 Å². The molecule has 0 heterocycles. The zero-order valence-electron chi connectivity index (χ0n) is 16.4. The first kappa shape index (κ1) is 22.0. The molecular weight excluding hydrogens is 328 g/mol. The van der Waals surface area contributed by atoms with E-state index in [2.05, 4.69) is 40.0 Å². The van der Waals surface area contributed by atoms with Crippen LogP contribution >= 0.6 is 0 Å². The number of hydrogen-bond acceptors (Lipinski definition) is 3. The molecule has 3 N–H and O–H groups in total. The minimum atomic E-state index is 0.0681. The molecule has 0 aromatic heterocycles. The summed E-state index contributed by atoms with van der Waals surface area (Å²) in [5, 5.41) is 9.25. The van der Waals surface area contributed by atoms with Crippen LogP contribution in [0.2, 0.25) is 0 Å². The maximum absolute atomic E-state index is 11.6. The summed E-state index contributed by atoms with van der Waals surface area (Å²) in [5.74, 6) is 0.811. The number of nitrogens with zero attached hydrogens (tertiary/aromatic N) is 1. The van der Waals surface area contributed by atoms with Gasteiger partial charge in [0.2, 0.25) is 5.91 Å². The van der Waals surface area contributed by atoms with Gasteiger partial charge in [0.05, 0.1) is 6.10 Å². The highest BCUT2D eigenvalue weighted by atomic mass is 16.5. The zero-order chi connectivity index (χ0) is 19.0. The van der Waals surface area contributed by atoms with Crippen LogP contribution in [0.5, 0.6) is 0 Å². The van der Waals surface area contributed by atoms with Crippen LogP contribution in [-0.2, 0) is 9.53 Å². The molecule has 0 saturated heterocycles. The van der Waals surface area contributed by atoms with E-state index >= 15 is 0 Å². The summed E-state index contributed by atoms with van der Waals surface area (Å²) < 4.78 is 5.86. The van der Waals surface area contributed by atoms with E-state index in [1.54, 1.807) is 0 Å². The summed E-state index contributed by atoms with van der Waals surface area (Å²) in [6, 6.07) is 10.2. The van der Waals surface area contributed by atoms with Crippen LogP contribution in [0.25, 0.3) is 0 Å². The Hall–Kier alpha value is -2.08. The number of ether oxygens (including phenoxy) is 1. The fourth-order valence-electron chi connectivity index (χ4n) is 2.32. The lowest BCUT2D eigenvalue weighted by molar-refractivity contribution is -0.120. The van der Waals surface area contributed by atoms with Crippen molar-refractivity contribution >= 4 is 11.9 Å². The normalized spacial score (nSPS) is 12.5. The van der Waals surface area contributed by atoms with Gasteiger partial charge in [-0.25, -0.2) is 0 Å². The predicted octanol–water partition coefficient (Wildman–Crippen LogP) is 2.63. The van der Waals surface area contributed by atoms with Gasteiger partial charge < -0.3 is 20.7 Å². The highest BCUT2D eigenvalue weighted by Gasteiger charge is 2.04. The molecule has 1 aromatic carbocycles. The van der Waals surface area contributed by atoms with E-state index in [9.17, 15) is 4.79 Å². The monoisotopic (exact) mass is 362 g/mol. The first-order valence-corrected chi connectivity index (χ1v) is 9.62.